The number of hydrogen-bond acceptors (Lipinski definition) is 1. The van der Waals surface area contributed by atoms with Gasteiger partial charge in [-0.3, -0.25) is 3.59 Å². The number of hydrogen-bond donors (Lipinski definition) is 0. The second-order valence-corrected chi connectivity index (χ2v) is 5.42. The molecule has 0 N–H and O–H groups in total. The zero-order chi connectivity index (χ0) is 11.1. The largest absolute Gasteiger partial charge is 0.306 e. The van der Waals surface area contributed by atoms with Gasteiger partial charge in [-0.2, -0.15) is 0 Å². The summed E-state index contributed by atoms with van der Waals surface area (Å²) in [4.78, 5) is 2.41. The maximum absolute atomic E-state index is 3.58. The third-order valence-electron chi connectivity index (χ3n) is 3.53. The molecular weight excluding hydrogens is 264 g/mol. The van der Waals surface area contributed by atoms with Gasteiger partial charge in [0.1, 0.15) is 0 Å². The van der Waals surface area contributed by atoms with Crippen molar-refractivity contribution in [1.82, 2.24) is 8.49 Å². The number of halogens is 1. The van der Waals surface area contributed by atoms with Crippen molar-refractivity contribution in [3.8, 4) is 0 Å². The molecule has 1 aliphatic heterocycles. The van der Waals surface area contributed by atoms with E-state index in [1.165, 1.54) is 36.0 Å². The molecule has 1 aliphatic rings. The summed E-state index contributed by atoms with van der Waals surface area (Å²) in [7, 11) is 2.20. The Morgan fingerprint density at radius 1 is 1.31 bits per heavy atom. The van der Waals surface area contributed by atoms with E-state index in [4.69, 9.17) is 0 Å². The quantitative estimate of drug-likeness (QED) is 0.778. The van der Waals surface area contributed by atoms with Crippen LogP contribution >= 0.6 is 16.1 Å². The minimum absolute atomic E-state index is 0.689. The predicted octanol–water partition coefficient (Wildman–Crippen LogP) is 3.22. The number of fused-ring (bicyclic) bond motifs is 1. The summed E-state index contributed by atoms with van der Waals surface area (Å²) in [6, 6.07) is 8.59. The molecule has 3 heteroatoms. The predicted molar refractivity (Wildman–Crippen MR) is 71.1 cm³/mol. The SMILES string of the molecule is CN1CCC(c2cn(Br)c3ccccc23)C1. The lowest BCUT2D eigenvalue weighted by Crippen LogP contribution is -2.13. The van der Waals surface area contributed by atoms with Gasteiger partial charge in [-0.05, 0) is 37.6 Å². The lowest BCUT2D eigenvalue weighted by molar-refractivity contribution is 0.412. The highest BCUT2D eigenvalue weighted by atomic mass is 79.9. The van der Waals surface area contributed by atoms with Gasteiger partial charge in [-0.25, -0.2) is 0 Å². The molecule has 0 saturated carbocycles. The first-order valence-electron chi connectivity index (χ1n) is 5.70. The summed E-state index contributed by atoms with van der Waals surface area (Å²) in [5.74, 6) is 0.689. The van der Waals surface area contributed by atoms with Gasteiger partial charge >= 0.3 is 0 Å². The summed E-state index contributed by atoms with van der Waals surface area (Å²) in [6.45, 7) is 2.40. The Hall–Kier alpha value is -0.800. The Bertz CT molecular complexity index is 518. The van der Waals surface area contributed by atoms with Crippen molar-refractivity contribution in [2.24, 2.45) is 0 Å². The number of likely N-dealkylation sites (tertiary alicyclic amines) is 1. The topological polar surface area (TPSA) is 8.17 Å². The number of para-hydroxylation sites is 1. The van der Waals surface area contributed by atoms with E-state index in [0.29, 0.717) is 5.92 Å². The highest BCUT2D eigenvalue weighted by Gasteiger charge is 2.24. The Kier molecular flexibility index (Phi) is 2.52. The lowest BCUT2D eigenvalue weighted by atomic mass is 9.98. The Morgan fingerprint density at radius 3 is 2.88 bits per heavy atom. The number of benzene rings is 1. The van der Waals surface area contributed by atoms with Crippen LogP contribution in [0.5, 0.6) is 0 Å². The first-order chi connectivity index (χ1) is 7.75. The van der Waals surface area contributed by atoms with E-state index in [1.807, 2.05) is 0 Å². The third kappa shape index (κ3) is 1.59. The van der Waals surface area contributed by atoms with E-state index < -0.39 is 0 Å². The van der Waals surface area contributed by atoms with Crippen LogP contribution in [-0.2, 0) is 0 Å². The van der Waals surface area contributed by atoms with E-state index in [9.17, 15) is 0 Å². The van der Waals surface area contributed by atoms with Crippen LogP contribution in [-0.4, -0.2) is 28.6 Å². The van der Waals surface area contributed by atoms with Gasteiger partial charge in [0.15, 0.2) is 0 Å². The van der Waals surface area contributed by atoms with Crippen LogP contribution in [0.2, 0.25) is 0 Å². The number of aromatic nitrogens is 1. The van der Waals surface area contributed by atoms with Crippen molar-refractivity contribution in [1.29, 1.82) is 0 Å². The normalized spacial score (nSPS) is 22.0. The van der Waals surface area contributed by atoms with Gasteiger partial charge in [0.25, 0.3) is 0 Å². The first-order valence-corrected chi connectivity index (χ1v) is 6.41. The van der Waals surface area contributed by atoms with Crippen LogP contribution in [0.3, 0.4) is 0 Å². The molecule has 0 spiro atoms. The summed E-state index contributed by atoms with van der Waals surface area (Å²) in [6.07, 6.45) is 3.51. The minimum Gasteiger partial charge on any atom is -0.306 e. The zero-order valence-electron chi connectivity index (χ0n) is 9.36. The summed E-state index contributed by atoms with van der Waals surface area (Å²) in [5, 5.41) is 1.39. The fraction of sp³-hybridized carbons (Fsp3) is 0.385. The Morgan fingerprint density at radius 2 is 2.12 bits per heavy atom. The number of likely N-dealkylation sites (N-methyl/N-ethyl adjacent to an activating group) is 1. The van der Waals surface area contributed by atoms with Crippen LogP contribution in [0, 0.1) is 0 Å². The summed E-state index contributed by atoms with van der Waals surface area (Å²) in [5.41, 5.74) is 2.75. The molecule has 2 nitrogen and oxygen atoms in total. The molecule has 84 valence electrons. The van der Waals surface area contributed by atoms with Gasteiger partial charge in [-0.1, -0.05) is 18.2 Å². The fourth-order valence-corrected chi connectivity index (χ4v) is 3.21. The van der Waals surface area contributed by atoms with E-state index in [0.717, 1.165) is 0 Å². The highest BCUT2D eigenvalue weighted by molar-refractivity contribution is 9.08. The average molecular weight is 279 g/mol. The molecule has 1 aromatic carbocycles. The summed E-state index contributed by atoms with van der Waals surface area (Å²) >= 11 is 3.58. The van der Waals surface area contributed by atoms with Crippen molar-refractivity contribution in [3.05, 3.63) is 36.0 Å². The van der Waals surface area contributed by atoms with Crippen LogP contribution in [0.4, 0.5) is 0 Å². The summed E-state index contributed by atoms with van der Waals surface area (Å²) < 4.78 is 2.07. The van der Waals surface area contributed by atoms with E-state index in [2.05, 4.69) is 62.2 Å². The molecule has 3 rings (SSSR count). The maximum Gasteiger partial charge on any atom is 0.0594 e. The molecule has 16 heavy (non-hydrogen) atoms. The van der Waals surface area contributed by atoms with Gasteiger partial charge in [-0.15, -0.1) is 0 Å². The monoisotopic (exact) mass is 278 g/mol. The molecule has 1 aromatic heterocycles. The molecule has 0 aliphatic carbocycles. The molecule has 1 atom stereocenters. The molecule has 2 heterocycles. The van der Waals surface area contributed by atoms with Crippen LogP contribution < -0.4 is 0 Å². The van der Waals surface area contributed by atoms with Gasteiger partial charge in [0.05, 0.1) is 21.7 Å². The second-order valence-electron chi connectivity index (χ2n) is 4.66. The number of rotatable bonds is 1. The standard InChI is InChI=1S/C13H15BrN2/c1-15-7-6-10(8-15)12-9-16(14)13-5-3-2-4-11(12)13/h2-5,9-10H,6-8H2,1H3. The minimum atomic E-state index is 0.689. The highest BCUT2D eigenvalue weighted by Crippen LogP contribution is 2.33. The lowest BCUT2D eigenvalue weighted by Gasteiger charge is -2.09. The van der Waals surface area contributed by atoms with Crippen molar-refractivity contribution in [2.45, 2.75) is 12.3 Å². The van der Waals surface area contributed by atoms with E-state index in [-0.39, 0.29) is 0 Å². The zero-order valence-corrected chi connectivity index (χ0v) is 10.9. The fourth-order valence-electron chi connectivity index (χ4n) is 2.68. The molecule has 0 bridgehead atoms. The van der Waals surface area contributed by atoms with E-state index in [1.54, 1.807) is 0 Å². The van der Waals surface area contributed by atoms with Crippen molar-refractivity contribution >= 4 is 27.1 Å². The van der Waals surface area contributed by atoms with Crippen LogP contribution in [0.25, 0.3) is 10.9 Å². The van der Waals surface area contributed by atoms with Crippen molar-refractivity contribution < 1.29 is 0 Å². The number of nitrogens with zero attached hydrogens (tertiary/aromatic N) is 2. The van der Waals surface area contributed by atoms with Crippen molar-refractivity contribution in [2.75, 3.05) is 20.1 Å². The van der Waals surface area contributed by atoms with E-state index >= 15 is 0 Å². The molecule has 1 fully saturated rings. The molecular formula is C13H15BrN2. The van der Waals surface area contributed by atoms with Gasteiger partial charge in [0, 0.05) is 18.1 Å². The van der Waals surface area contributed by atoms with Gasteiger partial charge < -0.3 is 4.90 Å². The molecule has 0 radical (unpaired) electrons. The molecule has 2 aromatic rings. The van der Waals surface area contributed by atoms with Crippen LogP contribution in [0.1, 0.15) is 17.9 Å². The Balaban J connectivity index is 2.10. The second kappa shape index (κ2) is 3.90. The molecule has 1 saturated heterocycles. The first kappa shape index (κ1) is 10.4. The Labute approximate surface area is 104 Å². The van der Waals surface area contributed by atoms with Crippen LogP contribution in [0.15, 0.2) is 30.5 Å². The molecule has 1 unspecified atom stereocenters. The van der Waals surface area contributed by atoms with Crippen molar-refractivity contribution in [3.63, 3.8) is 0 Å². The third-order valence-corrected chi connectivity index (χ3v) is 4.12. The average Bonchev–Trinajstić information content (AvgIpc) is 2.84. The van der Waals surface area contributed by atoms with Gasteiger partial charge in [0.2, 0.25) is 0 Å². The smallest absolute Gasteiger partial charge is 0.0594 e. The molecule has 0 amide bonds. The maximum atomic E-state index is 3.58.